The van der Waals surface area contributed by atoms with Gasteiger partial charge in [0.2, 0.25) is 0 Å². The summed E-state index contributed by atoms with van der Waals surface area (Å²) in [4.78, 5) is 10.0. The van der Waals surface area contributed by atoms with Crippen molar-refractivity contribution in [1.29, 1.82) is 0 Å². The summed E-state index contributed by atoms with van der Waals surface area (Å²) in [7, 11) is 4.07. The van der Waals surface area contributed by atoms with Gasteiger partial charge in [-0.3, -0.25) is 0 Å². The molecule has 6 nitrogen and oxygen atoms in total. The predicted octanol–water partition coefficient (Wildman–Crippen LogP) is 5.36. The highest BCUT2D eigenvalue weighted by Crippen LogP contribution is 2.69. The van der Waals surface area contributed by atoms with E-state index in [1.165, 1.54) is 64.5 Å². The molecule has 216 valence electrons. The third-order valence-electron chi connectivity index (χ3n) is 12.0. The summed E-state index contributed by atoms with van der Waals surface area (Å²) in [6.07, 6.45) is 19.9. The second-order valence-electron chi connectivity index (χ2n) is 14.1. The quantitative estimate of drug-likeness (QED) is 0.235. The number of ether oxygens (including phenoxy) is 1. The van der Waals surface area contributed by atoms with Crippen LogP contribution >= 0.6 is 0 Å². The number of fused-ring (bicyclic) bond motifs is 5. The topological polar surface area (TPSA) is 57.5 Å². The van der Waals surface area contributed by atoms with Crippen LogP contribution in [0.2, 0.25) is 0 Å². The van der Waals surface area contributed by atoms with Crippen molar-refractivity contribution >= 4 is 6.21 Å². The molecule has 5 rings (SSSR count). The molecule has 1 heterocycles. The van der Waals surface area contributed by atoms with Crippen molar-refractivity contribution in [3.05, 3.63) is 12.2 Å². The van der Waals surface area contributed by atoms with Crippen LogP contribution in [-0.2, 0) is 9.57 Å². The van der Waals surface area contributed by atoms with Gasteiger partial charge in [0.05, 0.1) is 24.5 Å². The van der Waals surface area contributed by atoms with E-state index >= 15 is 0 Å². The summed E-state index contributed by atoms with van der Waals surface area (Å²) in [5, 5.41) is 16.5. The maximum atomic E-state index is 12.4. The molecule has 3 unspecified atom stereocenters. The average Bonchev–Trinajstić information content (AvgIpc) is 3.49. The fourth-order valence-electron chi connectivity index (χ4n) is 9.58. The van der Waals surface area contributed by atoms with Crippen molar-refractivity contribution in [3.8, 4) is 0 Å². The standard InChI is InChI=1S/C32H55N3O3/c1-30-14-12-27(37-22-21-35-18-5-6-19-35)24-26(30)9-10-29-28(30)13-15-31(2)25(11-16-32(29,31)36)8-7-17-33-38-23-20-34(3)4/h7-8,17,25-29,36H,5-6,9-16,18-24H2,1-4H3/t25?,26?,27?,28-,29-,30+,31-,32-/m1/s1. The zero-order chi connectivity index (χ0) is 26.8. The lowest BCUT2D eigenvalue weighted by Gasteiger charge is -2.63. The summed E-state index contributed by atoms with van der Waals surface area (Å²) in [5.74, 6) is 2.26. The van der Waals surface area contributed by atoms with Crippen LogP contribution < -0.4 is 0 Å². The van der Waals surface area contributed by atoms with Crippen molar-refractivity contribution in [2.75, 3.05) is 53.5 Å². The number of hydrogen-bond acceptors (Lipinski definition) is 6. The van der Waals surface area contributed by atoms with Gasteiger partial charge in [-0.25, -0.2) is 0 Å². The summed E-state index contributed by atoms with van der Waals surface area (Å²) in [6, 6.07) is 0. The summed E-state index contributed by atoms with van der Waals surface area (Å²) in [5.41, 5.74) is -0.218. The highest BCUT2D eigenvalue weighted by molar-refractivity contribution is 5.70. The van der Waals surface area contributed by atoms with E-state index in [1.54, 1.807) is 6.21 Å². The highest BCUT2D eigenvalue weighted by Gasteiger charge is 2.66. The van der Waals surface area contributed by atoms with Crippen molar-refractivity contribution in [2.45, 2.75) is 96.2 Å². The minimum atomic E-state index is -0.540. The first-order chi connectivity index (χ1) is 18.3. The van der Waals surface area contributed by atoms with Gasteiger partial charge >= 0.3 is 0 Å². The van der Waals surface area contributed by atoms with E-state index in [2.05, 4.69) is 34.9 Å². The molecule has 38 heavy (non-hydrogen) atoms. The Labute approximate surface area is 232 Å². The number of nitrogens with zero attached hydrogens (tertiary/aromatic N) is 3. The fourth-order valence-corrected chi connectivity index (χ4v) is 9.58. The van der Waals surface area contributed by atoms with E-state index in [1.807, 2.05) is 20.2 Å². The van der Waals surface area contributed by atoms with Gasteiger partial charge < -0.3 is 24.5 Å². The maximum Gasteiger partial charge on any atom is 0.129 e. The zero-order valence-corrected chi connectivity index (χ0v) is 24.7. The molecule has 1 N–H and O–H groups in total. The molecule has 0 aromatic carbocycles. The normalized spacial score (nSPS) is 43.6. The maximum absolute atomic E-state index is 12.4. The smallest absolute Gasteiger partial charge is 0.129 e. The molecule has 5 aliphatic rings. The molecule has 5 fully saturated rings. The Kier molecular flexibility index (Phi) is 8.94. The third-order valence-corrected chi connectivity index (χ3v) is 12.0. The first-order valence-electron chi connectivity index (χ1n) is 15.8. The largest absolute Gasteiger partial charge is 0.394 e. The molecule has 0 amide bonds. The van der Waals surface area contributed by atoms with Gasteiger partial charge in [0.25, 0.3) is 0 Å². The molecular weight excluding hydrogens is 474 g/mol. The van der Waals surface area contributed by atoms with Crippen molar-refractivity contribution in [2.24, 2.45) is 39.7 Å². The Bertz CT molecular complexity index is 842. The molecule has 0 radical (unpaired) electrons. The van der Waals surface area contributed by atoms with E-state index in [-0.39, 0.29) is 5.41 Å². The summed E-state index contributed by atoms with van der Waals surface area (Å²) < 4.78 is 6.45. The Morgan fingerprint density at radius 1 is 0.974 bits per heavy atom. The first-order valence-corrected chi connectivity index (χ1v) is 15.8. The third kappa shape index (κ3) is 5.49. The Morgan fingerprint density at radius 3 is 2.58 bits per heavy atom. The van der Waals surface area contributed by atoms with Gasteiger partial charge in [0.1, 0.15) is 6.61 Å². The number of hydrogen-bond donors (Lipinski definition) is 1. The molecule has 0 aromatic rings. The van der Waals surface area contributed by atoms with Gasteiger partial charge in [-0.2, -0.15) is 0 Å². The van der Waals surface area contributed by atoms with Gasteiger partial charge in [0.15, 0.2) is 0 Å². The summed E-state index contributed by atoms with van der Waals surface area (Å²) >= 11 is 0. The minimum absolute atomic E-state index is 0.0383. The predicted molar refractivity (Wildman–Crippen MR) is 154 cm³/mol. The van der Waals surface area contributed by atoms with Crippen molar-refractivity contribution in [3.63, 3.8) is 0 Å². The number of allylic oxidation sites excluding steroid dienone is 2. The summed E-state index contributed by atoms with van der Waals surface area (Å²) in [6.45, 7) is 11.0. The van der Waals surface area contributed by atoms with Crippen LogP contribution in [0, 0.1) is 34.5 Å². The molecular formula is C32H55N3O3. The number of oxime groups is 1. The molecule has 6 heteroatoms. The lowest BCUT2D eigenvalue weighted by Crippen LogP contribution is -2.62. The Morgan fingerprint density at radius 2 is 1.79 bits per heavy atom. The number of rotatable bonds is 10. The van der Waals surface area contributed by atoms with Crippen LogP contribution in [0.1, 0.15) is 84.5 Å². The van der Waals surface area contributed by atoms with E-state index in [9.17, 15) is 5.11 Å². The lowest BCUT2D eigenvalue weighted by atomic mass is 9.43. The second-order valence-corrected chi connectivity index (χ2v) is 14.1. The van der Waals surface area contributed by atoms with Gasteiger partial charge in [-0.1, -0.05) is 25.1 Å². The number of likely N-dealkylation sites (N-methyl/N-ethyl adjacent to an activating group) is 1. The average molecular weight is 530 g/mol. The molecule has 4 saturated carbocycles. The van der Waals surface area contributed by atoms with Crippen LogP contribution in [0.3, 0.4) is 0 Å². The molecule has 0 spiro atoms. The molecule has 8 atom stereocenters. The molecule has 0 aromatic heterocycles. The van der Waals surface area contributed by atoms with Crippen LogP contribution in [0.15, 0.2) is 17.3 Å². The van der Waals surface area contributed by atoms with Crippen LogP contribution in [0.5, 0.6) is 0 Å². The van der Waals surface area contributed by atoms with Crippen LogP contribution in [-0.4, -0.2) is 86.3 Å². The van der Waals surface area contributed by atoms with Crippen LogP contribution in [0.25, 0.3) is 0 Å². The van der Waals surface area contributed by atoms with E-state index in [4.69, 9.17) is 9.57 Å². The van der Waals surface area contributed by atoms with E-state index in [0.29, 0.717) is 35.9 Å². The second kappa shape index (κ2) is 11.9. The van der Waals surface area contributed by atoms with Gasteiger partial charge in [-0.05, 0) is 133 Å². The van der Waals surface area contributed by atoms with Gasteiger partial charge in [0, 0.05) is 18.5 Å². The number of likely N-dealkylation sites (tertiary alicyclic amines) is 1. The fraction of sp³-hybridized carbons (Fsp3) is 0.906. The zero-order valence-electron chi connectivity index (χ0n) is 24.7. The van der Waals surface area contributed by atoms with Gasteiger partial charge in [-0.15, -0.1) is 0 Å². The Hall–Kier alpha value is -0.950. The molecule has 0 bridgehead atoms. The lowest BCUT2D eigenvalue weighted by molar-refractivity contribution is -0.209. The molecule has 1 saturated heterocycles. The van der Waals surface area contributed by atoms with E-state index < -0.39 is 5.60 Å². The SMILES string of the molecule is CN(C)CCON=CC=CC1CC[C@@]2(O)[C@@H]3CCC4CC(OCCN5CCCC5)CC[C@]4(C)[C@@H]3CC[C@]12C. The monoisotopic (exact) mass is 529 g/mol. The highest BCUT2D eigenvalue weighted by atomic mass is 16.6. The number of aliphatic hydroxyl groups is 1. The Balaban J connectivity index is 1.17. The van der Waals surface area contributed by atoms with Crippen molar-refractivity contribution < 1.29 is 14.7 Å². The molecule has 1 aliphatic heterocycles. The van der Waals surface area contributed by atoms with Crippen molar-refractivity contribution in [1.82, 2.24) is 9.80 Å². The molecule has 4 aliphatic carbocycles. The van der Waals surface area contributed by atoms with E-state index in [0.717, 1.165) is 44.9 Å². The van der Waals surface area contributed by atoms with Crippen LogP contribution in [0.4, 0.5) is 0 Å². The first kappa shape index (κ1) is 28.6. The minimum Gasteiger partial charge on any atom is -0.394 e.